The fourth-order valence-corrected chi connectivity index (χ4v) is 3.88. The minimum Gasteiger partial charge on any atom is -0.477 e. The van der Waals surface area contributed by atoms with Crippen molar-refractivity contribution in [1.82, 2.24) is 20.0 Å². The summed E-state index contributed by atoms with van der Waals surface area (Å²) >= 11 is 6.03. The van der Waals surface area contributed by atoms with Crippen LogP contribution in [0.1, 0.15) is 33.7 Å². The number of aromatic nitrogens is 3. The molecule has 2 N–H and O–H groups in total. The maximum absolute atomic E-state index is 13.5. The van der Waals surface area contributed by atoms with Gasteiger partial charge in [0.25, 0.3) is 0 Å². The van der Waals surface area contributed by atoms with E-state index >= 15 is 0 Å². The second-order valence-electron chi connectivity index (χ2n) is 8.37. The van der Waals surface area contributed by atoms with Gasteiger partial charge in [0, 0.05) is 16.8 Å². The van der Waals surface area contributed by atoms with Crippen LogP contribution in [0, 0.1) is 6.92 Å². The average Bonchev–Trinajstić information content (AvgIpc) is 3.34. The van der Waals surface area contributed by atoms with Crippen LogP contribution in [0.4, 0.5) is 5.69 Å². The Morgan fingerprint density at radius 2 is 1.89 bits per heavy atom. The number of aromatic carboxylic acids is 1. The van der Waals surface area contributed by atoms with Crippen LogP contribution in [-0.4, -0.2) is 49.5 Å². The van der Waals surface area contributed by atoms with Gasteiger partial charge in [-0.3, -0.25) is 14.7 Å². The number of rotatable bonds is 7. The van der Waals surface area contributed by atoms with Crippen LogP contribution in [0.15, 0.2) is 76.2 Å². The normalized spacial score (nSPS) is 15.2. The van der Waals surface area contributed by atoms with Crippen molar-refractivity contribution in [3.8, 4) is 11.6 Å². The van der Waals surface area contributed by atoms with Gasteiger partial charge in [-0.15, -0.1) is 0 Å². The SMILES string of the molecule is Cc1noc(C2CN=C(Nc3ccc(Oc4cccc(C(=O)O)n4)cc3)N(Cc3ccc(Cl)cc3)C2=O)n1. The van der Waals surface area contributed by atoms with Gasteiger partial charge in [0.2, 0.25) is 23.6 Å². The number of carboxylic acids is 1. The molecule has 0 saturated heterocycles. The summed E-state index contributed by atoms with van der Waals surface area (Å²) in [5, 5.41) is 16.7. The molecule has 1 aliphatic rings. The largest absolute Gasteiger partial charge is 0.477 e. The number of benzene rings is 2. The smallest absolute Gasteiger partial charge is 0.354 e. The molecule has 2 aromatic carbocycles. The third kappa shape index (κ3) is 5.62. The van der Waals surface area contributed by atoms with Crippen LogP contribution in [0.25, 0.3) is 0 Å². The Morgan fingerprint density at radius 3 is 2.58 bits per heavy atom. The molecule has 1 aliphatic heterocycles. The Morgan fingerprint density at radius 1 is 1.13 bits per heavy atom. The number of aliphatic imine (C=N–C) groups is 1. The first-order valence-corrected chi connectivity index (χ1v) is 11.9. The Hall–Kier alpha value is -4.77. The number of hydrogen-bond donors (Lipinski definition) is 2. The first kappa shape index (κ1) is 24.9. The summed E-state index contributed by atoms with van der Waals surface area (Å²) in [6.45, 7) is 2.08. The van der Waals surface area contributed by atoms with Crippen molar-refractivity contribution >= 4 is 35.1 Å². The fraction of sp³-hybridized carbons (Fsp3) is 0.154. The lowest BCUT2D eigenvalue weighted by atomic mass is 10.1. The lowest BCUT2D eigenvalue weighted by Crippen LogP contribution is -2.47. The van der Waals surface area contributed by atoms with Crippen molar-refractivity contribution in [2.75, 3.05) is 11.9 Å². The summed E-state index contributed by atoms with van der Waals surface area (Å²) in [5.41, 5.74) is 1.40. The van der Waals surface area contributed by atoms with Crippen LogP contribution in [0.5, 0.6) is 11.6 Å². The molecule has 5 rings (SSSR count). The molecule has 0 fully saturated rings. The van der Waals surface area contributed by atoms with Crippen molar-refractivity contribution in [2.24, 2.45) is 4.99 Å². The fourth-order valence-electron chi connectivity index (χ4n) is 3.75. The monoisotopic (exact) mass is 532 g/mol. The highest BCUT2D eigenvalue weighted by molar-refractivity contribution is 6.30. The van der Waals surface area contributed by atoms with Crippen molar-refractivity contribution in [2.45, 2.75) is 19.4 Å². The Bertz CT molecular complexity index is 1500. The van der Waals surface area contributed by atoms with Crippen molar-refractivity contribution < 1.29 is 24.0 Å². The van der Waals surface area contributed by atoms with Gasteiger partial charge >= 0.3 is 5.97 Å². The van der Waals surface area contributed by atoms with E-state index in [2.05, 4.69) is 25.4 Å². The van der Waals surface area contributed by atoms with Gasteiger partial charge in [0.05, 0.1) is 13.1 Å². The van der Waals surface area contributed by atoms with Gasteiger partial charge < -0.3 is 19.7 Å². The number of guanidine groups is 1. The molecule has 0 spiro atoms. The zero-order valence-electron chi connectivity index (χ0n) is 20.0. The zero-order chi connectivity index (χ0) is 26.6. The maximum Gasteiger partial charge on any atom is 0.354 e. The molecule has 4 aromatic rings. The molecule has 1 unspecified atom stereocenters. The number of nitrogens with one attached hydrogen (secondary N) is 1. The predicted molar refractivity (Wildman–Crippen MR) is 137 cm³/mol. The molecule has 0 radical (unpaired) electrons. The Balaban J connectivity index is 1.35. The minimum absolute atomic E-state index is 0.115. The van der Waals surface area contributed by atoms with Gasteiger partial charge in [-0.2, -0.15) is 4.98 Å². The summed E-state index contributed by atoms with van der Waals surface area (Å²) in [6.07, 6.45) is 0. The van der Waals surface area contributed by atoms with E-state index < -0.39 is 11.9 Å². The number of halogens is 1. The number of aryl methyl sites for hydroxylation is 1. The van der Waals surface area contributed by atoms with Gasteiger partial charge in [0.15, 0.2) is 11.5 Å². The second kappa shape index (κ2) is 10.7. The van der Waals surface area contributed by atoms with Gasteiger partial charge in [0.1, 0.15) is 11.7 Å². The van der Waals surface area contributed by atoms with Crippen molar-refractivity contribution in [3.63, 3.8) is 0 Å². The molecule has 0 aliphatic carbocycles. The van der Waals surface area contributed by atoms with Gasteiger partial charge in [-0.1, -0.05) is 35.0 Å². The van der Waals surface area contributed by atoms with Crippen LogP contribution < -0.4 is 10.1 Å². The minimum atomic E-state index is -1.14. The molecule has 0 saturated carbocycles. The van der Waals surface area contributed by atoms with E-state index in [-0.39, 0.29) is 36.5 Å². The van der Waals surface area contributed by atoms with E-state index in [1.165, 1.54) is 11.0 Å². The van der Waals surface area contributed by atoms with Crippen LogP contribution in [-0.2, 0) is 11.3 Å². The number of carboxylic acid groups (broad SMARTS) is 1. The summed E-state index contributed by atoms with van der Waals surface area (Å²) < 4.78 is 10.9. The number of carbonyl (C=O) groups excluding carboxylic acids is 1. The molecule has 192 valence electrons. The topological polar surface area (TPSA) is 143 Å². The van der Waals surface area contributed by atoms with E-state index in [1.54, 1.807) is 55.5 Å². The third-order valence-corrected chi connectivity index (χ3v) is 5.87. The summed E-state index contributed by atoms with van der Waals surface area (Å²) in [7, 11) is 0. The van der Waals surface area contributed by atoms with E-state index in [9.17, 15) is 9.59 Å². The molecule has 3 heterocycles. The lowest BCUT2D eigenvalue weighted by molar-refractivity contribution is -0.130. The Labute approximate surface area is 221 Å². The number of ether oxygens (including phenoxy) is 1. The quantitative estimate of drug-likeness (QED) is 0.351. The Kier molecular flexibility index (Phi) is 7.00. The molecule has 1 amide bonds. The zero-order valence-corrected chi connectivity index (χ0v) is 20.8. The first-order chi connectivity index (χ1) is 18.4. The summed E-state index contributed by atoms with van der Waals surface area (Å²) in [6, 6.07) is 18.6. The molecule has 11 nitrogen and oxygen atoms in total. The summed E-state index contributed by atoms with van der Waals surface area (Å²) in [4.78, 5) is 39.0. The number of hydrogen-bond acceptors (Lipinski definition) is 9. The average molecular weight is 533 g/mol. The molecule has 2 aromatic heterocycles. The highest BCUT2D eigenvalue weighted by atomic mass is 35.5. The lowest BCUT2D eigenvalue weighted by Gasteiger charge is -2.31. The van der Waals surface area contributed by atoms with Crippen LogP contribution >= 0.6 is 11.6 Å². The van der Waals surface area contributed by atoms with Crippen molar-refractivity contribution in [1.29, 1.82) is 0 Å². The first-order valence-electron chi connectivity index (χ1n) is 11.5. The van der Waals surface area contributed by atoms with Crippen LogP contribution in [0.3, 0.4) is 0 Å². The van der Waals surface area contributed by atoms with Crippen LogP contribution in [0.2, 0.25) is 5.02 Å². The molecule has 0 bridgehead atoms. The van der Waals surface area contributed by atoms with E-state index in [0.717, 1.165) is 5.56 Å². The molecule has 1 atom stereocenters. The molecule has 12 heteroatoms. The van der Waals surface area contributed by atoms with Gasteiger partial charge in [-0.25, -0.2) is 9.78 Å². The number of amides is 1. The molecule has 38 heavy (non-hydrogen) atoms. The standard InChI is InChI=1S/C26H21ClN6O5/c1-15-29-23(38-32-15)20-13-28-26(33(24(20)34)14-16-5-7-17(27)8-6-16)30-18-9-11-19(12-10-18)37-22-4-2-3-21(31-22)25(35)36/h2-12,20H,13-14H2,1H3,(H,28,30)(H,35,36). The molecular weight excluding hydrogens is 512 g/mol. The number of anilines is 1. The van der Waals surface area contributed by atoms with E-state index in [0.29, 0.717) is 28.2 Å². The van der Waals surface area contributed by atoms with E-state index in [1.807, 2.05) is 12.1 Å². The highest BCUT2D eigenvalue weighted by Crippen LogP contribution is 2.26. The third-order valence-electron chi connectivity index (χ3n) is 5.61. The number of pyridine rings is 1. The van der Waals surface area contributed by atoms with Gasteiger partial charge in [-0.05, 0) is 55.0 Å². The summed E-state index contributed by atoms with van der Waals surface area (Å²) in [5.74, 6) is -0.430. The second-order valence-corrected chi connectivity index (χ2v) is 8.80. The predicted octanol–water partition coefficient (Wildman–Crippen LogP) is 4.51. The number of carbonyl (C=O) groups is 2. The highest BCUT2D eigenvalue weighted by Gasteiger charge is 2.36. The molecular formula is C26H21ClN6O5. The van der Waals surface area contributed by atoms with E-state index in [4.69, 9.17) is 26.0 Å². The number of nitrogens with zero attached hydrogens (tertiary/aromatic N) is 5. The maximum atomic E-state index is 13.5. The van der Waals surface area contributed by atoms with Crippen molar-refractivity contribution in [3.05, 3.63) is 94.7 Å².